The number of aryl methyl sites for hydroxylation is 1. The second-order valence-corrected chi connectivity index (χ2v) is 7.82. The molecule has 0 radical (unpaired) electrons. The van der Waals surface area contributed by atoms with Crippen LogP contribution in [0, 0.1) is 6.92 Å². The number of ether oxygens (including phenoxy) is 1. The minimum Gasteiger partial charge on any atom is -0.441 e. The van der Waals surface area contributed by atoms with Gasteiger partial charge in [-0.25, -0.2) is 9.78 Å². The number of oxazole rings is 1. The van der Waals surface area contributed by atoms with Crippen molar-refractivity contribution in [2.75, 3.05) is 6.61 Å². The largest absolute Gasteiger partial charge is 0.441 e. The summed E-state index contributed by atoms with van der Waals surface area (Å²) >= 11 is 0. The highest BCUT2D eigenvalue weighted by atomic mass is 16.5. The maximum absolute atomic E-state index is 13.4. The predicted octanol–water partition coefficient (Wildman–Crippen LogP) is 3.35. The van der Waals surface area contributed by atoms with Crippen molar-refractivity contribution in [3.8, 4) is 11.5 Å². The van der Waals surface area contributed by atoms with Crippen LogP contribution in [-0.2, 0) is 17.8 Å². The summed E-state index contributed by atoms with van der Waals surface area (Å²) in [7, 11) is 0. The van der Waals surface area contributed by atoms with Crippen LogP contribution in [0.1, 0.15) is 24.3 Å². The molecule has 31 heavy (non-hydrogen) atoms. The van der Waals surface area contributed by atoms with Gasteiger partial charge in [-0.05, 0) is 44.0 Å². The van der Waals surface area contributed by atoms with E-state index < -0.39 is 0 Å². The Hall–Kier alpha value is -3.45. The fourth-order valence-electron chi connectivity index (χ4n) is 4.11. The van der Waals surface area contributed by atoms with Crippen molar-refractivity contribution in [2.45, 2.75) is 39.0 Å². The molecule has 1 saturated heterocycles. The highest BCUT2D eigenvalue weighted by Gasteiger charge is 2.21. The van der Waals surface area contributed by atoms with Crippen molar-refractivity contribution in [3.63, 3.8) is 0 Å². The van der Waals surface area contributed by atoms with E-state index in [1.54, 1.807) is 16.7 Å². The van der Waals surface area contributed by atoms with Gasteiger partial charge in [-0.15, -0.1) is 0 Å². The second-order valence-electron chi connectivity index (χ2n) is 7.82. The molecule has 1 aliphatic rings. The first-order chi connectivity index (χ1) is 15.1. The summed E-state index contributed by atoms with van der Waals surface area (Å²) in [5, 5.41) is 0.504. The predicted molar refractivity (Wildman–Crippen MR) is 117 cm³/mol. The molecule has 0 unspecified atom stereocenters. The van der Waals surface area contributed by atoms with Crippen molar-refractivity contribution < 1.29 is 9.15 Å². The number of rotatable bonds is 5. The molecule has 1 atom stereocenters. The molecule has 7 nitrogen and oxygen atoms in total. The zero-order valence-corrected chi connectivity index (χ0v) is 17.3. The molecule has 0 N–H and O–H groups in total. The van der Waals surface area contributed by atoms with E-state index in [4.69, 9.17) is 9.15 Å². The third kappa shape index (κ3) is 3.61. The molecule has 3 heterocycles. The Balaban J connectivity index is 1.61. The van der Waals surface area contributed by atoms with Crippen LogP contribution in [0.15, 0.2) is 68.6 Å². The molecule has 4 aromatic rings. The summed E-state index contributed by atoms with van der Waals surface area (Å²) in [5.41, 5.74) is 1.48. The number of hydrogen-bond acceptors (Lipinski definition) is 5. The van der Waals surface area contributed by atoms with Gasteiger partial charge in [0.25, 0.3) is 5.56 Å². The van der Waals surface area contributed by atoms with Gasteiger partial charge in [0.15, 0.2) is 0 Å². The van der Waals surface area contributed by atoms with Crippen LogP contribution in [0.5, 0.6) is 0 Å². The number of fused-ring (bicyclic) bond motifs is 1. The fourth-order valence-corrected chi connectivity index (χ4v) is 4.11. The Morgan fingerprint density at radius 1 is 1.03 bits per heavy atom. The molecule has 0 amide bonds. The summed E-state index contributed by atoms with van der Waals surface area (Å²) in [6.45, 7) is 2.98. The van der Waals surface area contributed by atoms with Gasteiger partial charge in [-0.1, -0.05) is 30.3 Å². The van der Waals surface area contributed by atoms with Crippen LogP contribution in [0.2, 0.25) is 0 Å². The lowest BCUT2D eigenvalue weighted by Crippen LogP contribution is -2.42. The number of aromatic nitrogens is 3. The number of benzene rings is 2. The van der Waals surface area contributed by atoms with Crippen molar-refractivity contribution >= 4 is 10.9 Å². The third-order valence-electron chi connectivity index (χ3n) is 5.76. The standard InChI is InChI=1S/C24H23N3O4/c1-16-20(25-22(31-16)17-8-3-2-4-9-17)15-26-21-12-6-5-11-19(21)23(28)27(24(26)29)14-18-10-7-13-30-18/h2-6,8-9,11-12,18H,7,10,13-15H2,1H3/t18-/m1/s1. The Morgan fingerprint density at radius 3 is 2.58 bits per heavy atom. The molecule has 2 aromatic heterocycles. The maximum atomic E-state index is 13.4. The average molecular weight is 417 g/mol. The van der Waals surface area contributed by atoms with Gasteiger partial charge in [0.2, 0.25) is 5.89 Å². The quantitative estimate of drug-likeness (QED) is 0.498. The Kier molecular flexibility index (Phi) is 5.03. The molecule has 5 rings (SSSR count). The number of hydrogen-bond donors (Lipinski definition) is 0. The summed E-state index contributed by atoms with van der Waals surface area (Å²) < 4.78 is 14.4. The van der Waals surface area contributed by atoms with Gasteiger partial charge < -0.3 is 9.15 Å². The van der Waals surface area contributed by atoms with Gasteiger partial charge in [0.05, 0.1) is 30.1 Å². The molecule has 1 fully saturated rings. The van der Waals surface area contributed by atoms with E-state index in [-0.39, 0.29) is 30.4 Å². The zero-order valence-electron chi connectivity index (χ0n) is 17.3. The second kappa shape index (κ2) is 8.00. The lowest BCUT2D eigenvalue weighted by Gasteiger charge is -2.16. The summed E-state index contributed by atoms with van der Waals surface area (Å²) in [5.74, 6) is 1.16. The minimum atomic E-state index is -0.358. The van der Waals surface area contributed by atoms with E-state index in [2.05, 4.69) is 4.98 Å². The Morgan fingerprint density at radius 2 is 1.81 bits per heavy atom. The van der Waals surface area contributed by atoms with Gasteiger partial charge in [-0.2, -0.15) is 0 Å². The number of para-hydroxylation sites is 1. The molecule has 0 aliphatic carbocycles. The third-order valence-corrected chi connectivity index (χ3v) is 5.76. The number of nitrogens with zero attached hydrogens (tertiary/aromatic N) is 3. The zero-order chi connectivity index (χ0) is 21.4. The van der Waals surface area contributed by atoms with Gasteiger partial charge in [0, 0.05) is 12.2 Å². The normalized spacial score (nSPS) is 16.2. The van der Waals surface area contributed by atoms with E-state index in [1.165, 1.54) is 4.57 Å². The van der Waals surface area contributed by atoms with Crippen LogP contribution < -0.4 is 11.2 Å². The lowest BCUT2D eigenvalue weighted by atomic mass is 10.2. The van der Waals surface area contributed by atoms with Crippen molar-refractivity contribution in [1.29, 1.82) is 0 Å². The van der Waals surface area contributed by atoms with Crippen molar-refractivity contribution in [3.05, 3.63) is 86.9 Å². The van der Waals surface area contributed by atoms with E-state index >= 15 is 0 Å². The fraction of sp³-hybridized carbons (Fsp3) is 0.292. The van der Waals surface area contributed by atoms with Crippen LogP contribution in [-0.4, -0.2) is 26.8 Å². The molecule has 158 valence electrons. The molecule has 2 aromatic carbocycles. The van der Waals surface area contributed by atoms with Crippen molar-refractivity contribution in [2.24, 2.45) is 0 Å². The van der Waals surface area contributed by atoms with Crippen LogP contribution in [0.25, 0.3) is 22.4 Å². The van der Waals surface area contributed by atoms with Crippen LogP contribution in [0.4, 0.5) is 0 Å². The Labute approximate surface area is 178 Å². The highest BCUT2D eigenvalue weighted by molar-refractivity contribution is 5.77. The van der Waals surface area contributed by atoms with Gasteiger partial charge >= 0.3 is 5.69 Å². The molecule has 0 saturated carbocycles. The summed E-state index contributed by atoms with van der Waals surface area (Å²) in [6, 6.07) is 16.8. The van der Waals surface area contributed by atoms with E-state index in [0.717, 1.165) is 18.4 Å². The van der Waals surface area contributed by atoms with E-state index in [9.17, 15) is 9.59 Å². The van der Waals surface area contributed by atoms with E-state index in [1.807, 2.05) is 49.4 Å². The van der Waals surface area contributed by atoms with Crippen LogP contribution >= 0.6 is 0 Å². The first kappa shape index (κ1) is 19.5. The molecule has 0 bridgehead atoms. The first-order valence-corrected chi connectivity index (χ1v) is 10.5. The lowest BCUT2D eigenvalue weighted by molar-refractivity contribution is 0.0948. The molecule has 1 aliphatic heterocycles. The molecule has 0 spiro atoms. The summed E-state index contributed by atoms with van der Waals surface area (Å²) in [6.07, 6.45) is 1.68. The maximum Gasteiger partial charge on any atom is 0.331 e. The summed E-state index contributed by atoms with van der Waals surface area (Å²) in [4.78, 5) is 31.1. The topological polar surface area (TPSA) is 79.3 Å². The first-order valence-electron chi connectivity index (χ1n) is 10.5. The average Bonchev–Trinajstić information content (AvgIpc) is 3.44. The molecular formula is C24H23N3O4. The van der Waals surface area contributed by atoms with Crippen LogP contribution in [0.3, 0.4) is 0 Å². The molecular weight excluding hydrogens is 394 g/mol. The minimum absolute atomic E-state index is 0.113. The smallest absolute Gasteiger partial charge is 0.331 e. The highest BCUT2D eigenvalue weighted by Crippen LogP contribution is 2.22. The SMILES string of the molecule is Cc1oc(-c2ccccc2)nc1Cn1c(=O)n(C[C@H]2CCCO2)c(=O)c2ccccc21. The van der Waals surface area contributed by atoms with Crippen molar-refractivity contribution in [1.82, 2.24) is 14.1 Å². The van der Waals surface area contributed by atoms with Gasteiger partial charge in [0.1, 0.15) is 11.5 Å². The molecule has 7 heteroatoms. The van der Waals surface area contributed by atoms with Gasteiger partial charge in [-0.3, -0.25) is 13.9 Å². The van der Waals surface area contributed by atoms with E-state index in [0.29, 0.717) is 34.9 Å². The monoisotopic (exact) mass is 417 g/mol. The Bertz CT molecular complexity index is 1350.